The van der Waals surface area contributed by atoms with Gasteiger partial charge >= 0.3 is 0 Å². The van der Waals surface area contributed by atoms with Crippen molar-refractivity contribution in [2.45, 2.75) is 57.8 Å². The highest BCUT2D eigenvalue weighted by molar-refractivity contribution is 7.80. The summed E-state index contributed by atoms with van der Waals surface area (Å²) in [5.74, 6) is 4.55. The molecule has 0 heterocycles. The van der Waals surface area contributed by atoms with Crippen LogP contribution in [-0.4, -0.2) is 5.75 Å². The molecule has 0 aromatic carbocycles. The van der Waals surface area contributed by atoms with Gasteiger partial charge in [-0.15, -0.1) is 0 Å². The molecule has 0 radical (unpaired) electrons. The molecule has 3 saturated carbocycles. The van der Waals surface area contributed by atoms with Crippen LogP contribution < -0.4 is 0 Å². The number of unbranched alkanes of at least 4 members (excludes halogenated alkanes) is 1. The van der Waals surface area contributed by atoms with Crippen molar-refractivity contribution in [3.05, 3.63) is 0 Å². The van der Waals surface area contributed by atoms with Crippen molar-refractivity contribution in [2.75, 3.05) is 5.75 Å². The van der Waals surface area contributed by atoms with Gasteiger partial charge in [0, 0.05) is 0 Å². The fourth-order valence-electron chi connectivity index (χ4n) is 5.22. The van der Waals surface area contributed by atoms with Crippen molar-refractivity contribution >= 4 is 12.6 Å². The van der Waals surface area contributed by atoms with E-state index in [-0.39, 0.29) is 0 Å². The van der Waals surface area contributed by atoms with Crippen LogP contribution in [-0.2, 0) is 0 Å². The maximum absolute atomic E-state index is 4.34. The van der Waals surface area contributed by atoms with E-state index in [0.717, 1.165) is 28.9 Å². The molecule has 4 atom stereocenters. The van der Waals surface area contributed by atoms with Crippen LogP contribution >= 0.6 is 12.6 Å². The Kier molecular flexibility index (Phi) is 2.79. The summed E-state index contributed by atoms with van der Waals surface area (Å²) in [4.78, 5) is 0. The normalized spacial score (nSPS) is 47.4. The van der Waals surface area contributed by atoms with E-state index in [9.17, 15) is 0 Å². The van der Waals surface area contributed by atoms with E-state index in [0.29, 0.717) is 0 Å². The van der Waals surface area contributed by atoms with E-state index in [1.54, 1.807) is 38.5 Å². The minimum atomic E-state index is 0.828. The number of hydrogen-bond acceptors (Lipinski definition) is 1. The molecule has 0 aliphatic heterocycles. The minimum Gasteiger partial charge on any atom is -0.179 e. The molecule has 0 N–H and O–H groups in total. The Balaban J connectivity index is 1.68. The van der Waals surface area contributed by atoms with Crippen LogP contribution in [0.2, 0.25) is 0 Å². The monoisotopic (exact) mass is 224 g/mol. The summed E-state index contributed by atoms with van der Waals surface area (Å²) >= 11 is 4.34. The quantitative estimate of drug-likeness (QED) is 0.534. The van der Waals surface area contributed by atoms with Crippen LogP contribution in [0, 0.1) is 23.2 Å². The van der Waals surface area contributed by atoms with Crippen molar-refractivity contribution in [3.8, 4) is 0 Å². The van der Waals surface area contributed by atoms with E-state index in [2.05, 4.69) is 12.6 Å². The first-order valence-corrected chi connectivity index (χ1v) is 7.60. The zero-order valence-corrected chi connectivity index (χ0v) is 10.6. The average Bonchev–Trinajstić information content (AvgIpc) is 2.89. The summed E-state index contributed by atoms with van der Waals surface area (Å²) in [7, 11) is 0. The Morgan fingerprint density at radius 2 is 2.07 bits per heavy atom. The number of hydrogen-bond donors (Lipinski definition) is 1. The average molecular weight is 224 g/mol. The van der Waals surface area contributed by atoms with Gasteiger partial charge in [-0.2, -0.15) is 12.6 Å². The molecule has 86 valence electrons. The fourth-order valence-corrected chi connectivity index (χ4v) is 5.44. The molecular weight excluding hydrogens is 200 g/mol. The smallest absolute Gasteiger partial charge is 0.00979 e. The number of fused-ring (bicyclic) bond motifs is 5. The summed E-state index contributed by atoms with van der Waals surface area (Å²) < 4.78 is 0. The van der Waals surface area contributed by atoms with Crippen molar-refractivity contribution < 1.29 is 0 Å². The van der Waals surface area contributed by atoms with Crippen LogP contribution in [0.4, 0.5) is 0 Å². The lowest BCUT2D eigenvalue weighted by atomic mass is 9.69. The lowest BCUT2D eigenvalue weighted by Crippen LogP contribution is -2.27. The van der Waals surface area contributed by atoms with Gasteiger partial charge in [0.1, 0.15) is 0 Å². The molecule has 0 aromatic rings. The molecule has 3 aliphatic carbocycles. The van der Waals surface area contributed by atoms with E-state index in [1.165, 1.54) is 19.3 Å². The lowest BCUT2D eigenvalue weighted by Gasteiger charge is -2.36. The second-order valence-corrected chi connectivity index (χ2v) is 6.69. The Hall–Kier alpha value is 0.350. The first-order chi connectivity index (χ1) is 7.36. The highest BCUT2D eigenvalue weighted by Gasteiger charge is 2.57. The molecular formula is C14H24S. The minimum absolute atomic E-state index is 0.828. The van der Waals surface area contributed by atoms with Gasteiger partial charge in [0.05, 0.1) is 0 Å². The van der Waals surface area contributed by atoms with Crippen molar-refractivity contribution in [2.24, 2.45) is 23.2 Å². The summed E-state index contributed by atoms with van der Waals surface area (Å²) in [6.07, 6.45) is 13.8. The van der Waals surface area contributed by atoms with E-state index in [1.807, 2.05) is 0 Å². The molecule has 0 saturated heterocycles. The summed E-state index contributed by atoms with van der Waals surface area (Å²) in [6, 6.07) is 0. The molecule has 0 nitrogen and oxygen atoms in total. The molecule has 3 fully saturated rings. The molecule has 1 heteroatoms. The Bertz CT molecular complexity index is 237. The van der Waals surface area contributed by atoms with Crippen molar-refractivity contribution in [1.82, 2.24) is 0 Å². The molecule has 0 aromatic heterocycles. The summed E-state index contributed by atoms with van der Waals surface area (Å²) in [5.41, 5.74) is 0.828. The fraction of sp³-hybridized carbons (Fsp3) is 1.00. The maximum Gasteiger partial charge on any atom is -0.00979 e. The van der Waals surface area contributed by atoms with Crippen molar-refractivity contribution in [3.63, 3.8) is 0 Å². The largest absolute Gasteiger partial charge is 0.179 e. The third-order valence-electron chi connectivity index (χ3n) is 5.73. The predicted octanol–water partition coefficient (Wildman–Crippen LogP) is 4.30. The first kappa shape index (κ1) is 10.5. The van der Waals surface area contributed by atoms with Crippen LogP contribution in [0.3, 0.4) is 0 Å². The van der Waals surface area contributed by atoms with Gasteiger partial charge < -0.3 is 0 Å². The van der Waals surface area contributed by atoms with Gasteiger partial charge in [0.2, 0.25) is 0 Å². The van der Waals surface area contributed by atoms with E-state index in [4.69, 9.17) is 0 Å². The van der Waals surface area contributed by atoms with Gasteiger partial charge in [-0.1, -0.05) is 12.8 Å². The molecule has 4 unspecified atom stereocenters. The molecule has 0 amide bonds. The molecule has 0 spiro atoms. The van der Waals surface area contributed by atoms with E-state index >= 15 is 0 Å². The SMILES string of the molecule is SCCCCC12CCC(C1)C1CCCC12. The van der Waals surface area contributed by atoms with Crippen molar-refractivity contribution in [1.29, 1.82) is 0 Å². The topological polar surface area (TPSA) is 0 Å². The van der Waals surface area contributed by atoms with E-state index < -0.39 is 0 Å². The molecule has 3 rings (SSSR count). The van der Waals surface area contributed by atoms with Crippen LogP contribution in [0.25, 0.3) is 0 Å². The number of thiol groups is 1. The van der Waals surface area contributed by atoms with Gasteiger partial charge in [0.25, 0.3) is 0 Å². The summed E-state index contributed by atoms with van der Waals surface area (Å²) in [6.45, 7) is 0. The zero-order chi connectivity index (χ0) is 10.3. The summed E-state index contributed by atoms with van der Waals surface area (Å²) in [5, 5.41) is 0. The first-order valence-electron chi connectivity index (χ1n) is 6.97. The highest BCUT2D eigenvalue weighted by atomic mass is 32.1. The maximum atomic E-state index is 4.34. The highest BCUT2D eigenvalue weighted by Crippen LogP contribution is 2.67. The van der Waals surface area contributed by atoms with Gasteiger partial charge in [-0.3, -0.25) is 0 Å². The molecule has 15 heavy (non-hydrogen) atoms. The third-order valence-corrected chi connectivity index (χ3v) is 6.04. The standard InChI is InChI=1S/C14H24S/c15-9-2-1-7-14-8-6-11(10-14)12-4-3-5-13(12)14/h11-13,15H,1-10H2. The molecule has 3 aliphatic rings. The second-order valence-electron chi connectivity index (χ2n) is 6.25. The third kappa shape index (κ3) is 1.57. The van der Waals surface area contributed by atoms with Gasteiger partial charge in [-0.05, 0) is 73.9 Å². The number of rotatable bonds is 4. The van der Waals surface area contributed by atoms with Crippen LogP contribution in [0.5, 0.6) is 0 Å². The van der Waals surface area contributed by atoms with Crippen LogP contribution in [0.15, 0.2) is 0 Å². The Morgan fingerprint density at radius 1 is 1.13 bits per heavy atom. The van der Waals surface area contributed by atoms with Crippen LogP contribution in [0.1, 0.15) is 57.8 Å². The second kappa shape index (κ2) is 3.98. The lowest BCUT2D eigenvalue weighted by molar-refractivity contribution is 0.137. The predicted molar refractivity (Wildman–Crippen MR) is 68.3 cm³/mol. The van der Waals surface area contributed by atoms with Gasteiger partial charge in [0.15, 0.2) is 0 Å². The molecule has 2 bridgehead atoms. The Labute approximate surface area is 99.6 Å². The zero-order valence-electron chi connectivity index (χ0n) is 9.75. The Morgan fingerprint density at radius 3 is 2.93 bits per heavy atom. The van der Waals surface area contributed by atoms with Gasteiger partial charge in [-0.25, -0.2) is 0 Å².